The fraction of sp³-hybridized carbons (Fsp3) is 0.364. The van der Waals surface area contributed by atoms with Gasteiger partial charge in [0.2, 0.25) is 0 Å². The van der Waals surface area contributed by atoms with E-state index < -0.39 is 41.1 Å². The molecule has 1 rings (SSSR count). The van der Waals surface area contributed by atoms with E-state index in [-0.39, 0.29) is 6.07 Å². The standard InChI is InChI=1S/C11H8F6O3/c1-20-8(9(18)19)6-3-2-5(10(12,13)14)4-7(6)11(15,16)17/h2-4,8H,1H3,(H,18,19). The van der Waals surface area contributed by atoms with Crippen LogP contribution in [-0.2, 0) is 21.9 Å². The zero-order chi connectivity index (χ0) is 15.7. The van der Waals surface area contributed by atoms with Crippen LogP contribution in [0.4, 0.5) is 26.3 Å². The Kier molecular flexibility index (Phi) is 4.33. The molecule has 0 aliphatic rings. The lowest BCUT2D eigenvalue weighted by molar-refractivity contribution is -0.151. The minimum atomic E-state index is -5.14. The van der Waals surface area contributed by atoms with Crippen molar-refractivity contribution < 1.29 is 41.0 Å². The lowest BCUT2D eigenvalue weighted by Gasteiger charge is -2.19. The second-order valence-electron chi connectivity index (χ2n) is 3.75. The van der Waals surface area contributed by atoms with Crippen molar-refractivity contribution in [3.05, 3.63) is 34.9 Å². The molecule has 1 aromatic rings. The highest BCUT2D eigenvalue weighted by Gasteiger charge is 2.40. The summed E-state index contributed by atoms with van der Waals surface area (Å²) in [6.45, 7) is 0. The fourth-order valence-corrected chi connectivity index (χ4v) is 1.57. The van der Waals surface area contributed by atoms with Crippen LogP contribution in [0, 0.1) is 0 Å². The molecule has 0 saturated carbocycles. The highest BCUT2D eigenvalue weighted by molar-refractivity contribution is 5.75. The Morgan fingerprint density at radius 3 is 2.05 bits per heavy atom. The van der Waals surface area contributed by atoms with Gasteiger partial charge in [-0.1, -0.05) is 6.07 Å². The first-order valence-corrected chi connectivity index (χ1v) is 5.02. The monoisotopic (exact) mass is 302 g/mol. The van der Waals surface area contributed by atoms with Crippen LogP contribution in [0.2, 0.25) is 0 Å². The van der Waals surface area contributed by atoms with Crippen LogP contribution in [0.15, 0.2) is 18.2 Å². The number of ether oxygens (including phenoxy) is 1. The fourth-order valence-electron chi connectivity index (χ4n) is 1.57. The van der Waals surface area contributed by atoms with Crippen molar-refractivity contribution in [2.24, 2.45) is 0 Å². The minimum Gasteiger partial charge on any atom is -0.479 e. The molecule has 0 spiro atoms. The molecule has 0 saturated heterocycles. The van der Waals surface area contributed by atoms with Crippen LogP contribution in [0.1, 0.15) is 22.8 Å². The molecule has 1 atom stereocenters. The maximum Gasteiger partial charge on any atom is 0.416 e. The molecule has 1 unspecified atom stereocenters. The Morgan fingerprint density at radius 2 is 1.70 bits per heavy atom. The molecule has 3 nitrogen and oxygen atoms in total. The first-order chi connectivity index (χ1) is 8.98. The van der Waals surface area contributed by atoms with Crippen molar-refractivity contribution in [2.75, 3.05) is 7.11 Å². The van der Waals surface area contributed by atoms with Crippen LogP contribution >= 0.6 is 0 Å². The van der Waals surface area contributed by atoms with E-state index in [0.29, 0.717) is 12.1 Å². The van der Waals surface area contributed by atoms with E-state index in [0.717, 1.165) is 7.11 Å². The van der Waals surface area contributed by atoms with Crippen molar-refractivity contribution in [1.82, 2.24) is 0 Å². The van der Waals surface area contributed by atoms with E-state index in [1.807, 2.05) is 0 Å². The summed E-state index contributed by atoms with van der Waals surface area (Å²) in [5.41, 5.74) is -4.10. The first kappa shape index (κ1) is 16.3. The lowest BCUT2D eigenvalue weighted by Crippen LogP contribution is -2.20. The number of carbonyl (C=O) groups is 1. The van der Waals surface area contributed by atoms with Gasteiger partial charge >= 0.3 is 18.3 Å². The molecule has 0 aliphatic heterocycles. The topological polar surface area (TPSA) is 46.5 Å². The molecule has 0 aliphatic carbocycles. The second-order valence-corrected chi connectivity index (χ2v) is 3.75. The van der Waals surface area contributed by atoms with E-state index in [9.17, 15) is 31.1 Å². The average molecular weight is 302 g/mol. The normalized spacial score (nSPS) is 14.2. The third-order valence-corrected chi connectivity index (χ3v) is 2.43. The summed E-state index contributed by atoms with van der Waals surface area (Å²) in [6, 6.07) is 0.692. The third kappa shape index (κ3) is 3.41. The molecule has 0 fully saturated rings. The van der Waals surface area contributed by atoms with Crippen LogP contribution in [0.25, 0.3) is 0 Å². The van der Waals surface area contributed by atoms with E-state index in [2.05, 4.69) is 4.74 Å². The van der Waals surface area contributed by atoms with Crippen molar-refractivity contribution >= 4 is 5.97 Å². The lowest BCUT2D eigenvalue weighted by atomic mass is 9.98. The Morgan fingerprint density at radius 1 is 1.15 bits per heavy atom. The number of aliphatic carboxylic acids is 1. The van der Waals surface area contributed by atoms with Crippen molar-refractivity contribution in [3.63, 3.8) is 0 Å². The number of carboxylic acids is 1. The van der Waals surface area contributed by atoms with Gasteiger partial charge in [-0.3, -0.25) is 0 Å². The average Bonchev–Trinajstić information content (AvgIpc) is 2.26. The first-order valence-electron chi connectivity index (χ1n) is 5.02. The Hall–Kier alpha value is -1.77. The summed E-state index contributed by atoms with van der Waals surface area (Å²) < 4.78 is 79.9. The zero-order valence-corrected chi connectivity index (χ0v) is 9.84. The van der Waals surface area contributed by atoms with Gasteiger partial charge in [0.25, 0.3) is 0 Å². The van der Waals surface area contributed by atoms with Gasteiger partial charge in [0.05, 0.1) is 11.1 Å². The predicted molar refractivity (Wildman–Crippen MR) is 53.8 cm³/mol. The molecule has 20 heavy (non-hydrogen) atoms. The molecule has 9 heteroatoms. The predicted octanol–water partition coefficient (Wildman–Crippen LogP) is 3.50. The van der Waals surface area contributed by atoms with Crippen molar-refractivity contribution in [1.29, 1.82) is 0 Å². The molecule has 0 aromatic heterocycles. The van der Waals surface area contributed by atoms with Gasteiger partial charge < -0.3 is 9.84 Å². The number of rotatable bonds is 3. The minimum absolute atomic E-state index is 0.135. The maximum atomic E-state index is 12.8. The van der Waals surface area contributed by atoms with Crippen LogP contribution in [0.5, 0.6) is 0 Å². The van der Waals surface area contributed by atoms with Gasteiger partial charge in [-0.05, 0) is 12.1 Å². The molecule has 0 amide bonds. The number of hydrogen-bond acceptors (Lipinski definition) is 2. The molecule has 0 radical (unpaired) electrons. The number of alkyl halides is 6. The summed E-state index contributed by atoms with van der Waals surface area (Å²) in [7, 11) is 0.844. The summed E-state index contributed by atoms with van der Waals surface area (Å²) in [4.78, 5) is 10.8. The van der Waals surface area contributed by atoms with Gasteiger partial charge in [0.15, 0.2) is 6.10 Å². The number of halogens is 6. The van der Waals surface area contributed by atoms with E-state index >= 15 is 0 Å². The van der Waals surface area contributed by atoms with Crippen molar-refractivity contribution in [2.45, 2.75) is 18.5 Å². The van der Waals surface area contributed by atoms with Gasteiger partial charge in [-0.25, -0.2) is 4.79 Å². The number of methoxy groups -OCH3 is 1. The third-order valence-electron chi connectivity index (χ3n) is 2.43. The largest absolute Gasteiger partial charge is 0.479 e. The number of hydrogen-bond donors (Lipinski definition) is 1. The van der Waals surface area contributed by atoms with Crippen LogP contribution in [-0.4, -0.2) is 18.2 Å². The quantitative estimate of drug-likeness (QED) is 0.869. The van der Waals surface area contributed by atoms with Crippen molar-refractivity contribution in [3.8, 4) is 0 Å². The summed E-state index contributed by atoms with van der Waals surface area (Å²) in [6.07, 6.45) is -12.1. The summed E-state index contributed by atoms with van der Waals surface area (Å²) in [5, 5.41) is 8.73. The van der Waals surface area contributed by atoms with Gasteiger partial charge in [-0.2, -0.15) is 26.3 Å². The Balaban J connectivity index is 3.50. The Labute approximate surface area is 108 Å². The summed E-state index contributed by atoms with van der Waals surface area (Å²) >= 11 is 0. The second kappa shape index (κ2) is 5.31. The molecular weight excluding hydrogens is 294 g/mol. The number of benzene rings is 1. The van der Waals surface area contributed by atoms with Crippen LogP contribution < -0.4 is 0 Å². The maximum absolute atomic E-state index is 12.8. The Bertz CT molecular complexity index is 506. The van der Waals surface area contributed by atoms with Gasteiger partial charge in [-0.15, -0.1) is 0 Å². The van der Waals surface area contributed by atoms with Crippen LogP contribution in [0.3, 0.4) is 0 Å². The molecule has 112 valence electrons. The number of carboxylic acid groups (broad SMARTS) is 1. The SMILES string of the molecule is COC(C(=O)O)c1ccc(C(F)(F)F)cc1C(F)(F)F. The van der Waals surface area contributed by atoms with Gasteiger partial charge in [0.1, 0.15) is 0 Å². The highest BCUT2D eigenvalue weighted by Crippen LogP contribution is 2.39. The van der Waals surface area contributed by atoms with E-state index in [1.54, 1.807) is 0 Å². The molecule has 1 aromatic carbocycles. The molecule has 0 heterocycles. The van der Waals surface area contributed by atoms with Gasteiger partial charge in [0, 0.05) is 12.7 Å². The van der Waals surface area contributed by atoms with E-state index in [4.69, 9.17) is 5.11 Å². The summed E-state index contributed by atoms with van der Waals surface area (Å²) in [5.74, 6) is -1.74. The zero-order valence-electron chi connectivity index (χ0n) is 9.84. The molecule has 0 bridgehead atoms. The highest BCUT2D eigenvalue weighted by atomic mass is 19.4. The van der Waals surface area contributed by atoms with E-state index in [1.165, 1.54) is 0 Å². The smallest absolute Gasteiger partial charge is 0.416 e. The molecular formula is C11H8F6O3. The molecule has 1 N–H and O–H groups in total.